The lowest BCUT2D eigenvalue weighted by Crippen LogP contribution is -2.26. The number of carbonyl (C=O) groups is 1. The Bertz CT molecular complexity index is 925. The second-order valence-corrected chi connectivity index (χ2v) is 7.01. The number of hydrogen-bond donors (Lipinski definition) is 2. The maximum atomic E-state index is 12.8. The fourth-order valence-corrected chi connectivity index (χ4v) is 3.51. The smallest absolute Gasteiger partial charge is 0.257 e. The van der Waals surface area contributed by atoms with E-state index in [-0.39, 0.29) is 18.4 Å². The first-order valence-corrected chi connectivity index (χ1v) is 9.64. The lowest BCUT2D eigenvalue weighted by atomic mass is 9.93. The zero-order valence-electron chi connectivity index (χ0n) is 15.7. The normalized spacial score (nSPS) is 12.0. The van der Waals surface area contributed by atoms with E-state index in [1.165, 1.54) is 0 Å². The van der Waals surface area contributed by atoms with Crippen LogP contribution in [0.25, 0.3) is 11.3 Å². The number of aryl methyl sites for hydroxylation is 1. The Kier molecular flexibility index (Phi) is 6.85. The topological polar surface area (TPSA) is 75.4 Å². The van der Waals surface area contributed by atoms with E-state index in [2.05, 4.69) is 10.5 Å². The lowest BCUT2D eigenvalue weighted by molar-refractivity contribution is 0.0951. The number of halogens is 1. The fourth-order valence-electron chi connectivity index (χ4n) is 3.28. The van der Waals surface area contributed by atoms with Crippen molar-refractivity contribution in [3.8, 4) is 11.3 Å². The van der Waals surface area contributed by atoms with Crippen LogP contribution in [0.5, 0.6) is 0 Å². The molecule has 28 heavy (non-hydrogen) atoms. The first-order valence-electron chi connectivity index (χ1n) is 9.27. The van der Waals surface area contributed by atoms with Crippen molar-refractivity contribution >= 4 is 17.5 Å². The minimum atomic E-state index is -0.246. The van der Waals surface area contributed by atoms with Crippen LogP contribution >= 0.6 is 11.6 Å². The largest absolute Gasteiger partial charge is 0.396 e. The molecule has 1 atom stereocenters. The van der Waals surface area contributed by atoms with Crippen LogP contribution in [-0.4, -0.2) is 29.3 Å². The van der Waals surface area contributed by atoms with Crippen LogP contribution in [0.15, 0.2) is 59.1 Å². The summed E-state index contributed by atoms with van der Waals surface area (Å²) < 4.78 is 5.26. The van der Waals surface area contributed by atoms with Gasteiger partial charge in [0.1, 0.15) is 17.0 Å². The Morgan fingerprint density at radius 1 is 1.14 bits per heavy atom. The molecule has 0 saturated carbocycles. The maximum Gasteiger partial charge on any atom is 0.257 e. The van der Waals surface area contributed by atoms with Gasteiger partial charge in [-0.1, -0.05) is 65.3 Å². The van der Waals surface area contributed by atoms with Gasteiger partial charge >= 0.3 is 0 Å². The molecule has 2 N–H and O–H groups in total. The quantitative estimate of drug-likeness (QED) is 0.582. The molecule has 0 saturated heterocycles. The zero-order chi connectivity index (χ0) is 19.9. The summed E-state index contributed by atoms with van der Waals surface area (Å²) in [5, 5.41) is 16.9. The van der Waals surface area contributed by atoms with Gasteiger partial charge in [0.25, 0.3) is 5.91 Å². The summed E-state index contributed by atoms with van der Waals surface area (Å²) in [4.78, 5) is 12.8. The molecule has 3 rings (SSSR count). The van der Waals surface area contributed by atoms with Gasteiger partial charge in [-0.2, -0.15) is 0 Å². The Morgan fingerprint density at radius 3 is 2.57 bits per heavy atom. The van der Waals surface area contributed by atoms with Crippen LogP contribution in [0.4, 0.5) is 0 Å². The van der Waals surface area contributed by atoms with E-state index in [0.717, 1.165) is 12.0 Å². The highest BCUT2D eigenvalue weighted by Gasteiger charge is 2.23. The highest BCUT2D eigenvalue weighted by atomic mass is 35.5. The zero-order valence-corrected chi connectivity index (χ0v) is 16.4. The van der Waals surface area contributed by atoms with Crippen molar-refractivity contribution in [2.24, 2.45) is 0 Å². The molecule has 3 aromatic rings. The second-order valence-electron chi connectivity index (χ2n) is 6.61. The standard InChI is InChI=1S/C22H23ClN2O3/c1-15-20(21(25-28-15)18-9-5-6-10-19(18)23)22(27)24-13-11-17(12-14-26)16-7-3-2-4-8-16/h2-10,17,26H,11-14H2,1H3,(H,24,27). The third-order valence-electron chi connectivity index (χ3n) is 4.75. The number of carbonyl (C=O) groups excluding carboxylic acids is 1. The third kappa shape index (κ3) is 4.61. The van der Waals surface area contributed by atoms with Crippen LogP contribution in [0.2, 0.25) is 5.02 Å². The van der Waals surface area contributed by atoms with Crippen LogP contribution in [-0.2, 0) is 0 Å². The molecule has 1 unspecified atom stereocenters. The van der Waals surface area contributed by atoms with E-state index in [0.29, 0.717) is 40.6 Å². The molecule has 0 spiro atoms. The summed E-state index contributed by atoms with van der Waals surface area (Å²) in [6, 6.07) is 17.2. The summed E-state index contributed by atoms with van der Waals surface area (Å²) in [7, 11) is 0. The number of aliphatic hydroxyl groups excluding tert-OH is 1. The van der Waals surface area contributed by atoms with Crippen LogP contribution < -0.4 is 5.32 Å². The second kappa shape index (κ2) is 9.53. The fraction of sp³-hybridized carbons (Fsp3) is 0.273. The summed E-state index contributed by atoms with van der Waals surface area (Å²) in [5.74, 6) is 0.380. The van der Waals surface area contributed by atoms with Gasteiger partial charge in [0.15, 0.2) is 0 Å². The van der Waals surface area contributed by atoms with E-state index in [9.17, 15) is 9.90 Å². The molecular formula is C22H23ClN2O3. The van der Waals surface area contributed by atoms with E-state index >= 15 is 0 Å². The molecule has 1 aromatic heterocycles. The van der Waals surface area contributed by atoms with Crippen molar-refractivity contribution in [1.29, 1.82) is 0 Å². The highest BCUT2D eigenvalue weighted by molar-refractivity contribution is 6.33. The Balaban J connectivity index is 1.70. The predicted molar refractivity (Wildman–Crippen MR) is 110 cm³/mol. The molecule has 2 aromatic carbocycles. The molecule has 1 heterocycles. The van der Waals surface area contributed by atoms with E-state index < -0.39 is 0 Å². The van der Waals surface area contributed by atoms with Crippen molar-refractivity contribution in [2.75, 3.05) is 13.2 Å². The number of amides is 1. The first kappa shape index (κ1) is 20.1. The third-order valence-corrected chi connectivity index (χ3v) is 5.08. The van der Waals surface area contributed by atoms with Gasteiger partial charge in [-0.25, -0.2) is 0 Å². The number of aliphatic hydroxyl groups is 1. The van der Waals surface area contributed by atoms with Crippen molar-refractivity contribution < 1.29 is 14.4 Å². The molecule has 0 aliphatic rings. The molecule has 0 aliphatic carbocycles. The molecular weight excluding hydrogens is 376 g/mol. The minimum absolute atomic E-state index is 0.106. The summed E-state index contributed by atoms with van der Waals surface area (Å²) in [6.07, 6.45) is 1.37. The molecule has 5 nitrogen and oxygen atoms in total. The SMILES string of the molecule is Cc1onc(-c2ccccc2Cl)c1C(=O)NCCC(CCO)c1ccccc1. The average molecular weight is 399 g/mol. The van der Waals surface area contributed by atoms with Crippen LogP contribution in [0.3, 0.4) is 0 Å². The van der Waals surface area contributed by atoms with Crippen molar-refractivity contribution in [1.82, 2.24) is 10.5 Å². The van der Waals surface area contributed by atoms with Crippen LogP contribution in [0, 0.1) is 6.92 Å². The van der Waals surface area contributed by atoms with Crippen molar-refractivity contribution in [3.63, 3.8) is 0 Å². The molecule has 0 radical (unpaired) electrons. The minimum Gasteiger partial charge on any atom is -0.396 e. The van der Waals surface area contributed by atoms with Gasteiger partial charge in [-0.15, -0.1) is 0 Å². The predicted octanol–water partition coefficient (Wildman–Crippen LogP) is 4.59. The Hall–Kier alpha value is -2.63. The summed E-state index contributed by atoms with van der Waals surface area (Å²) in [6.45, 7) is 2.29. The number of aromatic nitrogens is 1. The van der Waals surface area contributed by atoms with Gasteiger partial charge < -0.3 is 14.9 Å². The van der Waals surface area contributed by atoms with Crippen molar-refractivity contribution in [2.45, 2.75) is 25.7 Å². The number of nitrogens with one attached hydrogen (secondary N) is 1. The van der Waals surface area contributed by atoms with E-state index in [1.807, 2.05) is 48.5 Å². The van der Waals surface area contributed by atoms with Gasteiger partial charge in [0.2, 0.25) is 0 Å². The monoisotopic (exact) mass is 398 g/mol. The molecule has 1 amide bonds. The summed E-state index contributed by atoms with van der Waals surface area (Å²) >= 11 is 6.26. The van der Waals surface area contributed by atoms with Gasteiger partial charge in [0, 0.05) is 18.7 Å². The molecule has 0 bridgehead atoms. The molecule has 6 heteroatoms. The highest BCUT2D eigenvalue weighted by Crippen LogP contribution is 2.31. The molecule has 0 fully saturated rings. The van der Waals surface area contributed by atoms with E-state index in [4.69, 9.17) is 16.1 Å². The first-order chi connectivity index (χ1) is 13.6. The number of hydrogen-bond acceptors (Lipinski definition) is 4. The lowest BCUT2D eigenvalue weighted by Gasteiger charge is -2.16. The van der Waals surface area contributed by atoms with Gasteiger partial charge in [0.05, 0.1) is 5.02 Å². The number of rotatable bonds is 8. The van der Waals surface area contributed by atoms with Gasteiger partial charge in [-0.3, -0.25) is 4.79 Å². The Labute approximate surface area is 169 Å². The molecule has 146 valence electrons. The number of benzene rings is 2. The maximum absolute atomic E-state index is 12.8. The van der Waals surface area contributed by atoms with Crippen molar-refractivity contribution in [3.05, 3.63) is 76.5 Å². The summed E-state index contributed by atoms with van der Waals surface area (Å²) in [5.41, 5.74) is 2.65. The average Bonchev–Trinajstić information content (AvgIpc) is 3.09. The number of nitrogens with zero attached hydrogens (tertiary/aromatic N) is 1. The van der Waals surface area contributed by atoms with Crippen LogP contribution in [0.1, 0.15) is 40.4 Å². The Morgan fingerprint density at radius 2 is 1.86 bits per heavy atom. The molecule has 0 aliphatic heterocycles. The van der Waals surface area contributed by atoms with Gasteiger partial charge in [-0.05, 0) is 37.3 Å². The van der Waals surface area contributed by atoms with E-state index in [1.54, 1.807) is 13.0 Å².